The first-order chi connectivity index (χ1) is 12.6. The van der Waals surface area contributed by atoms with Crippen LogP contribution in [0.15, 0.2) is 60.0 Å². The third-order valence-corrected chi connectivity index (χ3v) is 4.59. The minimum atomic E-state index is -0.415. The predicted octanol–water partition coefficient (Wildman–Crippen LogP) is 4.08. The lowest BCUT2D eigenvalue weighted by Crippen LogP contribution is -2.37. The van der Waals surface area contributed by atoms with Crippen LogP contribution >= 0.6 is 11.3 Å². The number of benzene rings is 2. The van der Waals surface area contributed by atoms with Gasteiger partial charge in [-0.3, -0.25) is 4.79 Å². The van der Waals surface area contributed by atoms with Gasteiger partial charge in [0.1, 0.15) is 11.6 Å². The molecule has 0 spiro atoms. The van der Waals surface area contributed by atoms with Crippen LogP contribution < -0.4 is 10.1 Å². The molecule has 0 saturated carbocycles. The summed E-state index contributed by atoms with van der Waals surface area (Å²) in [5.74, 6) is -0.373. The number of hydrogen-bond donors (Lipinski definition) is 1. The summed E-state index contributed by atoms with van der Waals surface area (Å²) in [7, 11) is 0. The van der Waals surface area contributed by atoms with Crippen LogP contribution in [0, 0.1) is 5.82 Å². The number of thiazole rings is 1. The van der Waals surface area contributed by atoms with E-state index in [4.69, 9.17) is 4.74 Å². The Hall–Kier alpha value is -2.73. The average molecular weight is 370 g/mol. The Morgan fingerprint density at radius 2 is 1.92 bits per heavy atom. The molecule has 0 aliphatic heterocycles. The van der Waals surface area contributed by atoms with E-state index in [1.165, 1.54) is 17.4 Å². The second kappa shape index (κ2) is 8.58. The number of carbonyl (C=O) groups excluding carboxylic acids is 1. The zero-order valence-corrected chi connectivity index (χ0v) is 15.1. The molecule has 0 fully saturated rings. The van der Waals surface area contributed by atoms with Gasteiger partial charge in [0.2, 0.25) is 5.91 Å². The van der Waals surface area contributed by atoms with Crippen molar-refractivity contribution in [1.82, 2.24) is 10.3 Å². The van der Waals surface area contributed by atoms with Crippen molar-refractivity contribution in [3.8, 4) is 16.3 Å². The van der Waals surface area contributed by atoms with Crippen LogP contribution in [0.4, 0.5) is 4.39 Å². The van der Waals surface area contributed by atoms with Gasteiger partial charge in [-0.25, -0.2) is 9.37 Å². The fraction of sp³-hybridized carbons (Fsp3) is 0.200. The molecule has 1 atom stereocenters. The lowest BCUT2D eigenvalue weighted by molar-refractivity contribution is -0.121. The van der Waals surface area contributed by atoms with E-state index < -0.39 is 5.82 Å². The molecule has 1 heterocycles. The molecule has 0 bridgehead atoms. The molecule has 0 saturated heterocycles. The average Bonchev–Trinajstić information content (AvgIpc) is 3.10. The van der Waals surface area contributed by atoms with Gasteiger partial charge >= 0.3 is 0 Å². The van der Waals surface area contributed by atoms with Crippen LogP contribution in [0.25, 0.3) is 10.6 Å². The summed E-state index contributed by atoms with van der Waals surface area (Å²) in [5.41, 5.74) is 1.77. The first kappa shape index (κ1) is 18.1. The van der Waals surface area contributed by atoms with Gasteiger partial charge in [0.15, 0.2) is 11.6 Å². The molecule has 134 valence electrons. The fourth-order valence-corrected chi connectivity index (χ4v) is 3.24. The highest BCUT2D eigenvalue weighted by Gasteiger charge is 2.12. The van der Waals surface area contributed by atoms with Gasteiger partial charge < -0.3 is 10.1 Å². The minimum absolute atomic E-state index is 0.139. The van der Waals surface area contributed by atoms with Crippen LogP contribution in [0.2, 0.25) is 0 Å². The van der Waals surface area contributed by atoms with Gasteiger partial charge in [-0.1, -0.05) is 42.5 Å². The molecule has 1 unspecified atom stereocenters. The summed E-state index contributed by atoms with van der Waals surface area (Å²) in [6.45, 7) is 2.01. The van der Waals surface area contributed by atoms with Gasteiger partial charge in [-0.2, -0.15) is 0 Å². The molecule has 0 radical (unpaired) electrons. The molecular formula is C20H19FN2O2S. The monoisotopic (exact) mass is 370 g/mol. The number of hydrogen-bond acceptors (Lipinski definition) is 4. The highest BCUT2D eigenvalue weighted by molar-refractivity contribution is 7.13. The molecule has 0 aliphatic rings. The Morgan fingerprint density at radius 1 is 1.19 bits per heavy atom. The summed E-state index contributed by atoms with van der Waals surface area (Å²) >= 11 is 1.52. The Labute approximate surface area is 155 Å². The second-order valence-corrected chi connectivity index (χ2v) is 6.75. The molecule has 1 amide bonds. The maximum atomic E-state index is 13.5. The van der Waals surface area contributed by atoms with Crippen LogP contribution in [0.5, 0.6) is 5.75 Å². The Balaban J connectivity index is 1.49. The number of nitrogens with zero attached hydrogens (tertiary/aromatic N) is 1. The summed E-state index contributed by atoms with van der Waals surface area (Å²) in [4.78, 5) is 16.7. The number of para-hydroxylation sites is 1. The Morgan fingerprint density at radius 3 is 2.69 bits per heavy atom. The van der Waals surface area contributed by atoms with E-state index in [1.807, 2.05) is 42.6 Å². The minimum Gasteiger partial charge on any atom is -0.488 e. The van der Waals surface area contributed by atoms with Crippen molar-refractivity contribution in [1.29, 1.82) is 0 Å². The molecule has 26 heavy (non-hydrogen) atoms. The van der Waals surface area contributed by atoms with Crippen LogP contribution in [-0.4, -0.2) is 23.5 Å². The van der Waals surface area contributed by atoms with Crippen molar-refractivity contribution in [3.63, 3.8) is 0 Å². The number of rotatable bonds is 7. The first-order valence-electron chi connectivity index (χ1n) is 8.28. The molecule has 6 heteroatoms. The number of aromatic nitrogens is 1. The van der Waals surface area contributed by atoms with Crippen molar-refractivity contribution in [2.24, 2.45) is 0 Å². The van der Waals surface area contributed by atoms with Gasteiger partial charge in [0.25, 0.3) is 0 Å². The molecule has 1 N–H and O–H groups in total. The summed E-state index contributed by atoms with van der Waals surface area (Å²) in [5, 5.41) is 5.63. The van der Waals surface area contributed by atoms with E-state index in [9.17, 15) is 9.18 Å². The third-order valence-electron chi connectivity index (χ3n) is 3.65. The highest BCUT2D eigenvalue weighted by Crippen LogP contribution is 2.23. The zero-order chi connectivity index (χ0) is 18.4. The van der Waals surface area contributed by atoms with Crippen LogP contribution in [-0.2, 0) is 11.2 Å². The highest BCUT2D eigenvalue weighted by atomic mass is 32.1. The normalized spacial score (nSPS) is 11.8. The quantitative estimate of drug-likeness (QED) is 0.682. The molecule has 3 rings (SSSR count). The third kappa shape index (κ3) is 4.89. The van der Waals surface area contributed by atoms with E-state index in [-0.39, 0.29) is 30.7 Å². The maximum Gasteiger partial charge on any atom is 0.226 e. The van der Waals surface area contributed by atoms with Gasteiger partial charge in [-0.05, 0) is 19.1 Å². The van der Waals surface area contributed by atoms with E-state index in [0.29, 0.717) is 0 Å². The molecule has 0 aliphatic carbocycles. The molecule has 2 aromatic carbocycles. The number of halogens is 1. The van der Waals surface area contributed by atoms with Crippen molar-refractivity contribution in [2.75, 3.05) is 6.61 Å². The number of amides is 1. The lowest BCUT2D eigenvalue weighted by atomic mass is 10.2. The van der Waals surface area contributed by atoms with Crippen LogP contribution in [0.3, 0.4) is 0 Å². The fourth-order valence-electron chi connectivity index (χ4n) is 2.41. The van der Waals surface area contributed by atoms with Crippen molar-refractivity contribution in [2.45, 2.75) is 19.4 Å². The van der Waals surface area contributed by atoms with Crippen molar-refractivity contribution < 1.29 is 13.9 Å². The van der Waals surface area contributed by atoms with E-state index in [1.54, 1.807) is 18.2 Å². The number of carbonyl (C=O) groups is 1. The van der Waals surface area contributed by atoms with Gasteiger partial charge in [-0.15, -0.1) is 11.3 Å². The summed E-state index contributed by atoms with van der Waals surface area (Å²) < 4.78 is 18.9. The predicted molar refractivity (Wildman–Crippen MR) is 101 cm³/mol. The zero-order valence-electron chi connectivity index (χ0n) is 14.3. The summed E-state index contributed by atoms with van der Waals surface area (Å²) in [6, 6.07) is 15.8. The molecular weight excluding hydrogens is 351 g/mol. The second-order valence-electron chi connectivity index (χ2n) is 5.90. The smallest absolute Gasteiger partial charge is 0.226 e. The largest absolute Gasteiger partial charge is 0.488 e. The van der Waals surface area contributed by atoms with E-state index in [0.717, 1.165) is 16.3 Å². The van der Waals surface area contributed by atoms with E-state index >= 15 is 0 Å². The van der Waals surface area contributed by atoms with E-state index in [2.05, 4.69) is 10.3 Å². The van der Waals surface area contributed by atoms with Gasteiger partial charge in [0, 0.05) is 10.9 Å². The number of nitrogens with one attached hydrogen (secondary N) is 1. The van der Waals surface area contributed by atoms with Crippen molar-refractivity contribution in [3.05, 3.63) is 71.5 Å². The SMILES string of the molecule is CC(COc1ccccc1F)NC(=O)Cc1csc(-c2ccccc2)n1. The Kier molecular flexibility index (Phi) is 5.96. The first-order valence-corrected chi connectivity index (χ1v) is 9.16. The van der Waals surface area contributed by atoms with Crippen LogP contribution in [0.1, 0.15) is 12.6 Å². The molecule has 4 nitrogen and oxygen atoms in total. The number of ether oxygens (including phenoxy) is 1. The maximum absolute atomic E-state index is 13.5. The molecule has 1 aromatic heterocycles. The summed E-state index contributed by atoms with van der Waals surface area (Å²) in [6.07, 6.45) is 0.202. The molecule has 3 aromatic rings. The Bertz CT molecular complexity index is 867. The lowest BCUT2D eigenvalue weighted by Gasteiger charge is -2.15. The standard InChI is InChI=1S/C20H19FN2O2S/c1-14(12-25-18-10-6-5-9-17(18)21)22-19(24)11-16-13-26-20(23-16)15-7-3-2-4-8-15/h2-10,13-14H,11-12H2,1H3,(H,22,24). The topological polar surface area (TPSA) is 51.2 Å². The van der Waals surface area contributed by atoms with Crippen molar-refractivity contribution >= 4 is 17.2 Å². The van der Waals surface area contributed by atoms with Gasteiger partial charge in [0.05, 0.1) is 18.2 Å².